The van der Waals surface area contributed by atoms with Gasteiger partial charge in [0, 0.05) is 12.0 Å². The van der Waals surface area contributed by atoms with E-state index in [0.717, 1.165) is 12.0 Å². The number of fused-ring (bicyclic) bond motifs is 3. The largest absolute Gasteiger partial charge is 0.291 e. The van der Waals surface area contributed by atoms with Crippen molar-refractivity contribution < 1.29 is 9.59 Å². The van der Waals surface area contributed by atoms with E-state index in [4.69, 9.17) is 0 Å². The van der Waals surface area contributed by atoms with Crippen molar-refractivity contribution in [2.75, 3.05) is 0 Å². The van der Waals surface area contributed by atoms with Gasteiger partial charge in [0.05, 0.1) is 0 Å². The fraction of sp³-hybridized carbons (Fsp3) is 0.571. The Morgan fingerprint density at radius 1 is 0.938 bits per heavy atom. The molecule has 2 atom stereocenters. The highest BCUT2D eigenvalue weighted by Gasteiger charge is 2.39. The van der Waals surface area contributed by atoms with Crippen molar-refractivity contribution in [3.63, 3.8) is 0 Å². The molecule has 2 unspecified atom stereocenters. The number of ketones is 2. The van der Waals surface area contributed by atoms with Crippen molar-refractivity contribution in [2.24, 2.45) is 11.8 Å². The number of Topliss-reactive ketones (excluding diaryl/α,β-unsaturated/α-hetero) is 2. The lowest BCUT2D eigenvalue weighted by atomic mass is 9.66. The first-order chi connectivity index (χ1) is 7.77. The summed E-state index contributed by atoms with van der Waals surface area (Å²) in [5.74, 6) is 0.517. The minimum Gasteiger partial charge on any atom is -0.291 e. The molecule has 0 N–H and O–H groups in total. The van der Waals surface area contributed by atoms with Crippen LogP contribution in [0.25, 0.3) is 0 Å². The number of carbonyl (C=O) groups is 2. The second-order valence-electron chi connectivity index (χ2n) is 5.11. The van der Waals surface area contributed by atoms with Gasteiger partial charge in [0.15, 0.2) is 0 Å². The van der Waals surface area contributed by atoms with Crippen LogP contribution in [0.3, 0.4) is 0 Å². The highest BCUT2D eigenvalue weighted by Crippen LogP contribution is 2.44. The Morgan fingerprint density at radius 2 is 1.81 bits per heavy atom. The number of carbonyl (C=O) groups excluding carboxylic acids is 2. The van der Waals surface area contributed by atoms with Gasteiger partial charge in [-0.3, -0.25) is 9.59 Å². The molecule has 0 aromatic rings. The first-order valence-electron chi connectivity index (χ1n) is 6.25. The van der Waals surface area contributed by atoms with Gasteiger partial charge >= 0.3 is 0 Å². The zero-order valence-electron chi connectivity index (χ0n) is 9.37. The van der Waals surface area contributed by atoms with Crippen LogP contribution in [0.15, 0.2) is 23.3 Å². The van der Waals surface area contributed by atoms with Crippen molar-refractivity contribution in [1.82, 2.24) is 0 Å². The lowest BCUT2D eigenvalue weighted by Gasteiger charge is -2.38. The molecule has 0 amide bonds. The van der Waals surface area contributed by atoms with Gasteiger partial charge < -0.3 is 0 Å². The van der Waals surface area contributed by atoms with E-state index < -0.39 is 0 Å². The molecule has 0 saturated heterocycles. The van der Waals surface area contributed by atoms with Crippen LogP contribution >= 0.6 is 0 Å². The summed E-state index contributed by atoms with van der Waals surface area (Å²) in [5.41, 5.74) is 2.31. The van der Waals surface area contributed by atoms with E-state index in [1.165, 1.54) is 31.3 Å². The summed E-state index contributed by atoms with van der Waals surface area (Å²) in [6.07, 6.45) is 10.3. The zero-order chi connectivity index (χ0) is 11.1. The van der Waals surface area contributed by atoms with Crippen LogP contribution in [-0.2, 0) is 9.59 Å². The Hall–Kier alpha value is -1.18. The molecule has 0 heterocycles. The van der Waals surface area contributed by atoms with Gasteiger partial charge in [-0.1, -0.05) is 24.1 Å². The number of allylic oxidation sites excluding steroid dienone is 4. The van der Waals surface area contributed by atoms with Crippen molar-refractivity contribution >= 4 is 11.6 Å². The lowest BCUT2D eigenvalue weighted by molar-refractivity contribution is -0.136. The smallest absolute Gasteiger partial charge is 0.224 e. The number of hydrogen-bond donors (Lipinski definition) is 0. The first kappa shape index (κ1) is 10.0. The van der Waals surface area contributed by atoms with E-state index in [9.17, 15) is 9.59 Å². The van der Waals surface area contributed by atoms with E-state index in [-0.39, 0.29) is 11.6 Å². The molecule has 16 heavy (non-hydrogen) atoms. The summed E-state index contributed by atoms with van der Waals surface area (Å²) in [4.78, 5) is 23.2. The van der Waals surface area contributed by atoms with Gasteiger partial charge in [0.2, 0.25) is 11.6 Å². The average molecular weight is 216 g/mol. The van der Waals surface area contributed by atoms with Crippen LogP contribution in [-0.4, -0.2) is 11.6 Å². The summed E-state index contributed by atoms with van der Waals surface area (Å²) in [6.45, 7) is 0. The Kier molecular flexibility index (Phi) is 2.31. The van der Waals surface area contributed by atoms with Gasteiger partial charge in [0.25, 0.3) is 0 Å². The average Bonchev–Trinajstić information content (AvgIpc) is 2.33. The fourth-order valence-corrected chi connectivity index (χ4v) is 3.43. The third-order valence-electron chi connectivity index (χ3n) is 4.27. The molecule has 2 saturated carbocycles. The molecule has 2 nitrogen and oxygen atoms in total. The van der Waals surface area contributed by atoms with Crippen LogP contribution in [0.4, 0.5) is 0 Å². The molecule has 3 aliphatic carbocycles. The van der Waals surface area contributed by atoms with Crippen LogP contribution in [0.5, 0.6) is 0 Å². The fourth-order valence-electron chi connectivity index (χ4n) is 3.43. The Balaban J connectivity index is 1.97. The zero-order valence-corrected chi connectivity index (χ0v) is 9.37. The predicted octanol–water partition coefficient (Wildman–Crippen LogP) is 2.59. The predicted molar refractivity (Wildman–Crippen MR) is 60.9 cm³/mol. The van der Waals surface area contributed by atoms with Gasteiger partial charge in [-0.05, 0) is 37.5 Å². The lowest BCUT2D eigenvalue weighted by Crippen LogP contribution is -2.35. The van der Waals surface area contributed by atoms with Crippen LogP contribution in [0, 0.1) is 11.8 Å². The third-order valence-corrected chi connectivity index (χ3v) is 4.27. The molecule has 0 aromatic heterocycles. The Labute approximate surface area is 95.4 Å². The topological polar surface area (TPSA) is 34.1 Å². The molecule has 0 spiro atoms. The molecular weight excluding hydrogens is 200 g/mol. The SMILES string of the molecule is O=C1CCC2C(=CC=C3CCCCC32)C1=O. The van der Waals surface area contributed by atoms with Crippen LogP contribution in [0.1, 0.15) is 38.5 Å². The van der Waals surface area contributed by atoms with Crippen LogP contribution in [0.2, 0.25) is 0 Å². The van der Waals surface area contributed by atoms with Crippen molar-refractivity contribution in [2.45, 2.75) is 38.5 Å². The standard InChI is InChI=1S/C14H16O2/c15-13-8-7-11-10-4-2-1-3-9(10)5-6-12(11)14(13)16/h5-6,10-11H,1-4,7-8H2. The van der Waals surface area contributed by atoms with Crippen molar-refractivity contribution in [3.05, 3.63) is 23.3 Å². The Morgan fingerprint density at radius 3 is 2.69 bits per heavy atom. The van der Waals surface area contributed by atoms with Gasteiger partial charge in [-0.2, -0.15) is 0 Å². The van der Waals surface area contributed by atoms with Crippen molar-refractivity contribution in [1.29, 1.82) is 0 Å². The maximum Gasteiger partial charge on any atom is 0.224 e. The maximum atomic E-state index is 11.8. The molecule has 0 aromatic carbocycles. The van der Waals surface area contributed by atoms with Crippen LogP contribution < -0.4 is 0 Å². The van der Waals surface area contributed by atoms with E-state index >= 15 is 0 Å². The normalized spacial score (nSPS) is 33.8. The molecule has 0 radical (unpaired) electrons. The van der Waals surface area contributed by atoms with E-state index in [1.807, 2.05) is 6.08 Å². The molecule has 0 aliphatic heterocycles. The highest BCUT2D eigenvalue weighted by atomic mass is 16.2. The van der Waals surface area contributed by atoms with Gasteiger partial charge in [-0.15, -0.1) is 0 Å². The second-order valence-corrected chi connectivity index (χ2v) is 5.11. The van der Waals surface area contributed by atoms with E-state index in [0.29, 0.717) is 18.3 Å². The summed E-state index contributed by atoms with van der Waals surface area (Å²) in [7, 11) is 0. The molecule has 2 heteroatoms. The molecule has 3 aliphatic rings. The minimum absolute atomic E-state index is 0.185. The van der Waals surface area contributed by atoms with Gasteiger partial charge in [-0.25, -0.2) is 0 Å². The highest BCUT2D eigenvalue weighted by molar-refractivity contribution is 6.44. The number of hydrogen-bond acceptors (Lipinski definition) is 2. The quantitative estimate of drug-likeness (QED) is 0.583. The minimum atomic E-state index is -0.211. The first-order valence-corrected chi connectivity index (χ1v) is 6.25. The summed E-state index contributed by atoms with van der Waals surface area (Å²) in [6, 6.07) is 0. The summed E-state index contributed by atoms with van der Waals surface area (Å²) >= 11 is 0. The molecule has 3 rings (SSSR count). The summed E-state index contributed by atoms with van der Waals surface area (Å²) in [5, 5.41) is 0. The monoisotopic (exact) mass is 216 g/mol. The molecule has 2 fully saturated rings. The van der Waals surface area contributed by atoms with Crippen molar-refractivity contribution in [3.8, 4) is 0 Å². The molecule has 0 bridgehead atoms. The molecule has 84 valence electrons. The maximum absolute atomic E-state index is 11.8. The Bertz CT molecular complexity index is 414. The van der Waals surface area contributed by atoms with E-state index in [1.54, 1.807) is 0 Å². The third kappa shape index (κ3) is 1.40. The van der Waals surface area contributed by atoms with E-state index in [2.05, 4.69) is 6.08 Å². The van der Waals surface area contributed by atoms with Gasteiger partial charge in [0.1, 0.15) is 0 Å². The number of rotatable bonds is 0. The molecular formula is C14H16O2. The summed E-state index contributed by atoms with van der Waals surface area (Å²) < 4.78 is 0. The second kappa shape index (κ2) is 3.69.